The molecule has 10 heteroatoms. The van der Waals surface area contributed by atoms with Crippen LogP contribution in [0.15, 0.2) is 57.7 Å². The van der Waals surface area contributed by atoms with Crippen LogP contribution in [0.25, 0.3) is 0 Å². The van der Waals surface area contributed by atoms with Crippen LogP contribution in [-0.4, -0.2) is 51.5 Å². The number of allylic oxidation sites excluding steroid dienone is 2. The van der Waals surface area contributed by atoms with Gasteiger partial charge in [-0.15, -0.1) is 0 Å². The van der Waals surface area contributed by atoms with E-state index in [1.54, 1.807) is 13.1 Å². The van der Waals surface area contributed by atoms with Gasteiger partial charge in [-0.1, -0.05) is 11.6 Å². The molecule has 8 nitrogen and oxygen atoms in total. The molecule has 2 aromatic rings. The number of rotatable bonds is 5. The Hall–Kier alpha value is -3.46. The second-order valence-corrected chi connectivity index (χ2v) is 8.26. The third kappa shape index (κ3) is 4.68. The number of hydrogen-bond donors (Lipinski definition) is 2. The molecule has 1 amide bonds. The number of amides is 1. The number of nitrogens with one attached hydrogen (secondary N) is 2. The molecule has 1 fully saturated rings. The first kappa shape index (κ1) is 22.7. The number of nitrogens with zero attached hydrogens (tertiary/aromatic N) is 4. The molecule has 0 atom stereocenters. The lowest BCUT2D eigenvalue weighted by Gasteiger charge is -2.19. The van der Waals surface area contributed by atoms with E-state index in [0.717, 1.165) is 11.5 Å². The number of hydrogen-bond acceptors (Lipinski definition) is 6. The average Bonchev–Trinajstić information content (AvgIpc) is 3.36. The second kappa shape index (κ2) is 9.19. The molecule has 0 saturated carbocycles. The molecule has 0 spiro atoms. The van der Waals surface area contributed by atoms with Crippen molar-refractivity contribution in [3.05, 3.63) is 69.9 Å². The molecule has 1 aromatic heterocycles. The monoisotopic (exact) mass is 470 g/mol. The molecule has 3 heterocycles. The lowest BCUT2D eigenvalue weighted by atomic mass is 10.1. The van der Waals surface area contributed by atoms with Crippen molar-refractivity contribution in [2.45, 2.75) is 27.3 Å². The molecule has 33 heavy (non-hydrogen) atoms. The van der Waals surface area contributed by atoms with E-state index in [4.69, 9.17) is 21.7 Å². The van der Waals surface area contributed by atoms with Gasteiger partial charge in [-0.25, -0.2) is 14.4 Å². The molecule has 0 unspecified atom stereocenters. The van der Waals surface area contributed by atoms with Crippen LogP contribution >= 0.6 is 11.6 Å². The van der Waals surface area contributed by atoms with Crippen LogP contribution in [0.4, 0.5) is 4.39 Å². The largest absolute Gasteiger partial charge is 0.491 e. The molecule has 0 bridgehead atoms. The second-order valence-electron chi connectivity index (χ2n) is 7.88. The van der Waals surface area contributed by atoms with Crippen LogP contribution < -0.4 is 10.1 Å². The first-order valence-corrected chi connectivity index (χ1v) is 10.8. The Bertz CT molecular complexity index is 1230. The topological polar surface area (TPSA) is 95.6 Å². The lowest BCUT2D eigenvalue weighted by Crippen LogP contribution is -2.29. The minimum Gasteiger partial charge on any atom is -0.491 e. The van der Waals surface area contributed by atoms with E-state index >= 15 is 0 Å². The smallest absolute Gasteiger partial charge is 0.258 e. The summed E-state index contributed by atoms with van der Waals surface area (Å²) in [5.41, 5.74) is 2.54. The molecule has 0 radical (unpaired) electrons. The number of benzene rings is 1. The van der Waals surface area contributed by atoms with Crippen molar-refractivity contribution in [3.63, 3.8) is 0 Å². The van der Waals surface area contributed by atoms with Crippen molar-refractivity contribution in [2.24, 2.45) is 4.99 Å². The fourth-order valence-electron chi connectivity index (χ4n) is 3.74. The molecular weight excluding hydrogens is 447 g/mol. The van der Waals surface area contributed by atoms with Gasteiger partial charge < -0.3 is 24.9 Å². The van der Waals surface area contributed by atoms with E-state index in [1.165, 1.54) is 23.1 Å². The Morgan fingerprint density at radius 1 is 1.30 bits per heavy atom. The van der Waals surface area contributed by atoms with Crippen molar-refractivity contribution in [2.75, 3.05) is 19.7 Å². The van der Waals surface area contributed by atoms with Crippen molar-refractivity contribution < 1.29 is 13.9 Å². The van der Waals surface area contributed by atoms with E-state index in [0.29, 0.717) is 28.7 Å². The van der Waals surface area contributed by atoms with Crippen molar-refractivity contribution in [1.82, 2.24) is 19.8 Å². The first-order chi connectivity index (χ1) is 15.7. The van der Waals surface area contributed by atoms with Gasteiger partial charge in [-0.2, -0.15) is 0 Å². The molecule has 2 aliphatic rings. The number of carbonyl (C=O) groups excluding carboxylic acids is 1. The zero-order valence-corrected chi connectivity index (χ0v) is 19.3. The number of aliphatic imine (C=N–C) groups is 1. The van der Waals surface area contributed by atoms with Gasteiger partial charge in [0.15, 0.2) is 0 Å². The molecule has 0 aliphatic carbocycles. The van der Waals surface area contributed by atoms with E-state index < -0.39 is 5.82 Å². The van der Waals surface area contributed by atoms with Gasteiger partial charge in [-0.05, 0) is 32.9 Å². The number of likely N-dealkylation sites (tertiary alicyclic amines) is 1. The number of aryl methyl sites for hydroxylation is 1. The van der Waals surface area contributed by atoms with Crippen molar-refractivity contribution >= 4 is 28.9 Å². The maximum absolute atomic E-state index is 13.9. The number of aromatic nitrogens is 2. The van der Waals surface area contributed by atoms with E-state index in [1.807, 2.05) is 24.6 Å². The highest BCUT2D eigenvalue weighted by Crippen LogP contribution is 2.27. The Labute approximate surface area is 195 Å². The minimum atomic E-state index is -0.493. The number of halogens is 2. The van der Waals surface area contributed by atoms with Crippen LogP contribution in [0.2, 0.25) is 0 Å². The number of ether oxygens (including phenoxy) is 1. The SMILES string of the molecule is CC1=N/C(=C2\CN(C(=O)c3ccc(F)cc3OCCn3ccnc3C)CC2=N)NC(C)=C1Cl. The third-order valence-corrected chi connectivity index (χ3v) is 6.11. The van der Waals surface area contributed by atoms with Gasteiger partial charge in [-0.3, -0.25) is 4.79 Å². The van der Waals surface area contributed by atoms with E-state index in [2.05, 4.69) is 15.3 Å². The standard InChI is InChI=1S/C23H24ClFN6O2/c1-13-21(24)14(2)29-22(28-13)18-11-31(12-19(18)26)23(32)17-5-4-16(25)10-20(17)33-9-8-30-7-6-27-15(30)3/h4-7,10,26,28H,8-9,11-12H2,1-3H3/b22-18+,26-19?. The number of carbonyl (C=O) groups is 1. The van der Waals surface area contributed by atoms with Gasteiger partial charge in [0.25, 0.3) is 5.91 Å². The quantitative estimate of drug-likeness (QED) is 0.697. The summed E-state index contributed by atoms with van der Waals surface area (Å²) >= 11 is 6.19. The van der Waals surface area contributed by atoms with Gasteiger partial charge >= 0.3 is 0 Å². The van der Waals surface area contributed by atoms with Gasteiger partial charge in [0.2, 0.25) is 0 Å². The highest BCUT2D eigenvalue weighted by atomic mass is 35.5. The molecular formula is C23H24ClFN6O2. The number of imidazole rings is 1. The zero-order valence-electron chi connectivity index (χ0n) is 18.6. The van der Waals surface area contributed by atoms with Crippen LogP contribution in [0.5, 0.6) is 5.75 Å². The van der Waals surface area contributed by atoms with Gasteiger partial charge in [0.1, 0.15) is 29.8 Å². The van der Waals surface area contributed by atoms with Crippen LogP contribution in [0, 0.1) is 18.2 Å². The summed E-state index contributed by atoms with van der Waals surface area (Å²) in [5, 5.41) is 12.0. The van der Waals surface area contributed by atoms with E-state index in [9.17, 15) is 9.18 Å². The summed E-state index contributed by atoms with van der Waals surface area (Å²) in [6.07, 6.45) is 3.52. The molecule has 4 rings (SSSR count). The maximum atomic E-state index is 13.9. The van der Waals surface area contributed by atoms with Crippen molar-refractivity contribution in [1.29, 1.82) is 5.41 Å². The summed E-state index contributed by atoms with van der Waals surface area (Å²) in [6, 6.07) is 3.85. The summed E-state index contributed by atoms with van der Waals surface area (Å²) in [6.45, 7) is 6.58. The zero-order chi connectivity index (χ0) is 23.7. The van der Waals surface area contributed by atoms with Gasteiger partial charge in [0.05, 0.1) is 41.7 Å². The summed E-state index contributed by atoms with van der Waals surface area (Å²) in [4.78, 5) is 23.4. The fourth-order valence-corrected chi connectivity index (χ4v) is 3.83. The minimum absolute atomic E-state index is 0.120. The highest BCUT2D eigenvalue weighted by Gasteiger charge is 2.32. The Balaban J connectivity index is 1.52. The van der Waals surface area contributed by atoms with Crippen LogP contribution in [0.1, 0.15) is 30.0 Å². The van der Waals surface area contributed by atoms with E-state index in [-0.39, 0.29) is 42.6 Å². The summed E-state index contributed by atoms with van der Waals surface area (Å²) in [5.74, 6) is 0.686. The molecule has 2 N–H and O–H groups in total. The summed E-state index contributed by atoms with van der Waals surface area (Å²) in [7, 11) is 0. The van der Waals surface area contributed by atoms with Crippen molar-refractivity contribution in [3.8, 4) is 5.75 Å². The third-order valence-electron chi connectivity index (χ3n) is 5.56. The molecule has 1 aromatic carbocycles. The fraction of sp³-hybridized carbons (Fsp3) is 0.304. The first-order valence-electron chi connectivity index (χ1n) is 10.4. The average molecular weight is 471 g/mol. The maximum Gasteiger partial charge on any atom is 0.258 e. The predicted molar refractivity (Wildman–Crippen MR) is 124 cm³/mol. The molecule has 172 valence electrons. The lowest BCUT2D eigenvalue weighted by molar-refractivity contribution is 0.0799. The Kier molecular flexibility index (Phi) is 6.33. The highest BCUT2D eigenvalue weighted by molar-refractivity contribution is 6.43. The van der Waals surface area contributed by atoms with Crippen LogP contribution in [-0.2, 0) is 6.54 Å². The van der Waals surface area contributed by atoms with Gasteiger partial charge in [0, 0.05) is 29.7 Å². The molecule has 2 aliphatic heterocycles. The summed E-state index contributed by atoms with van der Waals surface area (Å²) < 4.78 is 21.6. The normalized spacial score (nSPS) is 18.5. The molecule has 1 saturated heterocycles. The Morgan fingerprint density at radius 3 is 2.79 bits per heavy atom. The predicted octanol–water partition coefficient (Wildman–Crippen LogP) is 3.63. The van der Waals surface area contributed by atoms with Crippen LogP contribution in [0.3, 0.4) is 0 Å². The Morgan fingerprint density at radius 2 is 2.09 bits per heavy atom.